The molecular weight excluding hydrogens is 208 g/mol. The van der Waals surface area contributed by atoms with E-state index in [0.717, 1.165) is 0 Å². The molecule has 1 rings (SSSR count). The van der Waals surface area contributed by atoms with Crippen molar-refractivity contribution in [2.24, 2.45) is 17.6 Å². The van der Waals surface area contributed by atoms with E-state index < -0.39 is 17.4 Å². The van der Waals surface area contributed by atoms with Crippen LogP contribution in [0.25, 0.3) is 0 Å². The minimum atomic E-state index is -0.824. The van der Waals surface area contributed by atoms with Gasteiger partial charge in [-0.05, 0) is 19.8 Å². The minimum Gasteiger partial charge on any atom is -0.481 e. The first-order valence-electron chi connectivity index (χ1n) is 5.50. The predicted molar refractivity (Wildman–Crippen MR) is 59.8 cm³/mol. The maximum atomic E-state index is 11.8. The number of carboxylic acids is 1. The minimum absolute atomic E-state index is 0.0161. The number of carbonyl (C=O) groups excluding carboxylic acids is 1. The van der Waals surface area contributed by atoms with Crippen molar-refractivity contribution in [1.82, 2.24) is 4.90 Å². The van der Waals surface area contributed by atoms with E-state index in [0.29, 0.717) is 13.1 Å². The van der Waals surface area contributed by atoms with Crippen LogP contribution in [0.3, 0.4) is 0 Å². The number of aliphatic carboxylic acids is 1. The highest BCUT2D eigenvalue weighted by Crippen LogP contribution is 2.24. The third-order valence-electron chi connectivity index (χ3n) is 2.89. The Morgan fingerprint density at radius 1 is 1.44 bits per heavy atom. The number of nitrogens with two attached hydrogens (primary N) is 1. The van der Waals surface area contributed by atoms with E-state index in [-0.39, 0.29) is 18.2 Å². The van der Waals surface area contributed by atoms with E-state index in [1.807, 2.05) is 6.92 Å². The van der Waals surface area contributed by atoms with Crippen molar-refractivity contribution < 1.29 is 14.7 Å². The fourth-order valence-electron chi connectivity index (χ4n) is 1.99. The zero-order chi connectivity index (χ0) is 12.5. The molecule has 1 amide bonds. The first-order chi connectivity index (χ1) is 7.20. The monoisotopic (exact) mass is 228 g/mol. The lowest BCUT2D eigenvalue weighted by molar-refractivity contribution is -0.142. The number of amides is 1. The Bertz CT molecular complexity index is 296. The summed E-state index contributed by atoms with van der Waals surface area (Å²) in [5, 5.41) is 8.95. The average Bonchev–Trinajstić information content (AvgIpc) is 2.44. The second-order valence-corrected chi connectivity index (χ2v) is 5.39. The second kappa shape index (κ2) is 4.41. The van der Waals surface area contributed by atoms with E-state index in [4.69, 9.17) is 10.8 Å². The molecule has 0 aromatic rings. The Hall–Kier alpha value is -1.10. The standard InChI is InChI=1S/C11H20N2O3/c1-7-5-13(6-8(7)10(15)16)9(14)4-11(2,3)12/h7-8H,4-6,12H2,1-3H3,(H,15,16). The molecule has 92 valence electrons. The maximum absolute atomic E-state index is 11.8. The van der Waals surface area contributed by atoms with Gasteiger partial charge in [0.25, 0.3) is 0 Å². The molecule has 0 aromatic carbocycles. The smallest absolute Gasteiger partial charge is 0.308 e. The van der Waals surface area contributed by atoms with Crippen molar-refractivity contribution in [2.75, 3.05) is 13.1 Å². The summed E-state index contributed by atoms with van der Waals surface area (Å²) in [7, 11) is 0. The number of nitrogens with zero attached hydrogens (tertiary/aromatic N) is 1. The van der Waals surface area contributed by atoms with Crippen LogP contribution in [-0.4, -0.2) is 40.5 Å². The Kier molecular flexibility index (Phi) is 3.57. The predicted octanol–water partition coefficient (Wildman–Crippen LogP) is 0.293. The van der Waals surface area contributed by atoms with Gasteiger partial charge in [-0.3, -0.25) is 9.59 Å². The second-order valence-electron chi connectivity index (χ2n) is 5.39. The zero-order valence-corrected chi connectivity index (χ0v) is 10.1. The number of carbonyl (C=O) groups is 2. The Labute approximate surface area is 95.6 Å². The molecule has 1 aliphatic heterocycles. The van der Waals surface area contributed by atoms with Gasteiger partial charge in [0.1, 0.15) is 0 Å². The molecule has 0 bridgehead atoms. The van der Waals surface area contributed by atoms with Gasteiger partial charge < -0.3 is 15.7 Å². The van der Waals surface area contributed by atoms with Crippen LogP contribution in [0, 0.1) is 11.8 Å². The summed E-state index contributed by atoms with van der Waals surface area (Å²) in [5.74, 6) is -1.30. The van der Waals surface area contributed by atoms with Crippen LogP contribution in [0.15, 0.2) is 0 Å². The van der Waals surface area contributed by atoms with Crippen LogP contribution in [0.2, 0.25) is 0 Å². The summed E-state index contributed by atoms with van der Waals surface area (Å²) < 4.78 is 0. The van der Waals surface area contributed by atoms with Crippen LogP contribution in [0.1, 0.15) is 27.2 Å². The lowest BCUT2D eigenvalue weighted by Gasteiger charge is -2.22. The number of hydrogen-bond donors (Lipinski definition) is 2. The molecule has 1 fully saturated rings. The van der Waals surface area contributed by atoms with Crippen molar-refractivity contribution in [3.63, 3.8) is 0 Å². The summed E-state index contributed by atoms with van der Waals surface area (Å²) in [5.41, 5.74) is 5.23. The van der Waals surface area contributed by atoms with Crippen molar-refractivity contribution in [2.45, 2.75) is 32.7 Å². The van der Waals surface area contributed by atoms with Gasteiger partial charge in [-0.1, -0.05) is 6.92 Å². The lowest BCUT2D eigenvalue weighted by Crippen LogP contribution is -2.40. The number of rotatable bonds is 3. The molecule has 0 radical (unpaired) electrons. The van der Waals surface area contributed by atoms with Crippen LogP contribution in [0.5, 0.6) is 0 Å². The fourth-order valence-corrected chi connectivity index (χ4v) is 1.99. The Morgan fingerprint density at radius 3 is 2.38 bits per heavy atom. The summed E-state index contributed by atoms with van der Waals surface area (Å²) in [6.07, 6.45) is 0.256. The van der Waals surface area contributed by atoms with Crippen LogP contribution < -0.4 is 5.73 Å². The summed E-state index contributed by atoms with van der Waals surface area (Å²) in [4.78, 5) is 24.3. The zero-order valence-electron chi connectivity index (χ0n) is 10.1. The SMILES string of the molecule is CC1CN(C(=O)CC(C)(C)N)CC1C(=O)O. The summed E-state index contributed by atoms with van der Waals surface area (Å²) in [6, 6.07) is 0. The van der Waals surface area contributed by atoms with Gasteiger partial charge in [0.2, 0.25) is 5.91 Å². The molecule has 1 heterocycles. The normalized spacial score (nSPS) is 25.9. The van der Waals surface area contributed by atoms with Crippen LogP contribution in [0.4, 0.5) is 0 Å². The van der Waals surface area contributed by atoms with Gasteiger partial charge in [0, 0.05) is 25.0 Å². The molecule has 0 aliphatic carbocycles. The third-order valence-corrected chi connectivity index (χ3v) is 2.89. The molecule has 1 aliphatic rings. The summed E-state index contributed by atoms with van der Waals surface area (Å²) in [6.45, 7) is 6.27. The molecule has 3 N–H and O–H groups in total. The highest BCUT2D eigenvalue weighted by molar-refractivity contribution is 5.79. The molecule has 0 aromatic heterocycles. The molecule has 5 nitrogen and oxygen atoms in total. The van der Waals surface area contributed by atoms with Crippen molar-refractivity contribution in [3.05, 3.63) is 0 Å². The van der Waals surface area contributed by atoms with Gasteiger partial charge in [-0.25, -0.2) is 0 Å². The van der Waals surface area contributed by atoms with Gasteiger partial charge in [-0.2, -0.15) is 0 Å². The summed E-state index contributed by atoms with van der Waals surface area (Å²) >= 11 is 0. The van der Waals surface area contributed by atoms with E-state index in [1.54, 1.807) is 18.7 Å². The number of likely N-dealkylation sites (tertiary alicyclic amines) is 1. The molecule has 0 spiro atoms. The van der Waals surface area contributed by atoms with Gasteiger partial charge in [0.05, 0.1) is 5.92 Å². The van der Waals surface area contributed by atoms with Gasteiger partial charge in [0.15, 0.2) is 0 Å². The molecule has 2 unspecified atom stereocenters. The molecule has 1 saturated heterocycles. The van der Waals surface area contributed by atoms with Crippen LogP contribution >= 0.6 is 0 Å². The van der Waals surface area contributed by atoms with E-state index >= 15 is 0 Å². The quantitative estimate of drug-likeness (QED) is 0.727. The average molecular weight is 228 g/mol. The fraction of sp³-hybridized carbons (Fsp3) is 0.818. The lowest BCUT2D eigenvalue weighted by atomic mass is 9.99. The van der Waals surface area contributed by atoms with Crippen LogP contribution in [-0.2, 0) is 9.59 Å². The van der Waals surface area contributed by atoms with Gasteiger partial charge >= 0.3 is 5.97 Å². The molecule has 16 heavy (non-hydrogen) atoms. The van der Waals surface area contributed by atoms with Crippen molar-refractivity contribution in [1.29, 1.82) is 0 Å². The topological polar surface area (TPSA) is 83.6 Å². The number of hydrogen-bond acceptors (Lipinski definition) is 3. The number of carboxylic acid groups (broad SMARTS) is 1. The van der Waals surface area contributed by atoms with E-state index in [2.05, 4.69) is 0 Å². The van der Waals surface area contributed by atoms with Crippen molar-refractivity contribution >= 4 is 11.9 Å². The molecule has 0 saturated carbocycles. The molecular formula is C11H20N2O3. The van der Waals surface area contributed by atoms with E-state index in [9.17, 15) is 9.59 Å². The first kappa shape index (κ1) is 13.0. The third kappa shape index (κ3) is 3.20. The molecule has 5 heteroatoms. The van der Waals surface area contributed by atoms with Crippen molar-refractivity contribution in [3.8, 4) is 0 Å². The Morgan fingerprint density at radius 2 is 2.00 bits per heavy atom. The maximum Gasteiger partial charge on any atom is 0.308 e. The molecule has 2 atom stereocenters. The highest BCUT2D eigenvalue weighted by Gasteiger charge is 2.37. The first-order valence-corrected chi connectivity index (χ1v) is 5.50. The van der Waals surface area contributed by atoms with Gasteiger partial charge in [-0.15, -0.1) is 0 Å². The largest absolute Gasteiger partial charge is 0.481 e. The highest BCUT2D eigenvalue weighted by atomic mass is 16.4. The Balaban J connectivity index is 2.58. The van der Waals surface area contributed by atoms with E-state index in [1.165, 1.54) is 0 Å².